The third-order valence-corrected chi connectivity index (χ3v) is 3.21. The van der Waals surface area contributed by atoms with E-state index in [-0.39, 0.29) is 6.04 Å². The molecule has 1 aromatic heterocycles. The minimum atomic E-state index is 0.180. The zero-order valence-corrected chi connectivity index (χ0v) is 12.4. The molecule has 3 N–H and O–H groups in total. The Morgan fingerprint density at radius 3 is 2.55 bits per heavy atom. The SMILES string of the molecule is CCCc1nc(N)cc(NC(C)c2ccc(C)cc2)n1. The van der Waals surface area contributed by atoms with Gasteiger partial charge in [-0.1, -0.05) is 36.8 Å². The van der Waals surface area contributed by atoms with Crippen LogP contribution in [0.2, 0.25) is 0 Å². The summed E-state index contributed by atoms with van der Waals surface area (Å²) in [5.74, 6) is 2.10. The summed E-state index contributed by atoms with van der Waals surface area (Å²) < 4.78 is 0. The quantitative estimate of drug-likeness (QED) is 0.873. The lowest BCUT2D eigenvalue weighted by Gasteiger charge is -2.16. The fourth-order valence-corrected chi connectivity index (χ4v) is 2.09. The number of aryl methyl sites for hydroxylation is 2. The molecule has 0 saturated carbocycles. The molecule has 4 nitrogen and oxygen atoms in total. The molecule has 20 heavy (non-hydrogen) atoms. The molecule has 1 unspecified atom stereocenters. The second-order valence-corrected chi connectivity index (χ2v) is 5.12. The molecule has 106 valence electrons. The summed E-state index contributed by atoms with van der Waals surface area (Å²) in [5.41, 5.74) is 8.32. The third-order valence-electron chi connectivity index (χ3n) is 3.21. The van der Waals surface area contributed by atoms with E-state index in [4.69, 9.17) is 5.73 Å². The highest BCUT2D eigenvalue weighted by Gasteiger charge is 2.08. The van der Waals surface area contributed by atoms with E-state index in [2.05, 4.69) is 60.3 Å². The Labute approximate surface area is 120 Å². The van der Waals surface area contributed by atoms with E-state index in [0.717, 1.165) is 24.5 Å². The zero-order chi connectivity index (χ0) is 14.5. The van der Waals surface area contributed by atoms with Crippen molar-refractivity contribution in [1.82, 2.24) is 9.97 Å². The summed E-state index contributed by atoms with van der Waals surface area (Å²) in [7, 11) is 0. The van der Waals surface area contributed by atoms with Crippen molar-refractivity contribution in [3.05, 3.63) is 47.3 Å². The summed E-state index contributed by atoms with van der Waals surface area (Å²) in [6.07, 6.45) is 1.86. The maximum absolute atomic E-state index is 5.83. The molecular weight excluding hydrogens is 248 g/mol. The Morgan fingerprint density at radius 2 is 1.90 bits per heavy atom. The molecule has 2 rings (SSSR count). The molecule has 1 heterocycles. The van der Waals surface area contributed by atoms with Gasteiger partial charge < -0.3 is 11.1 Å². The van der Waals surface area contributed by atoms with Crippen molar-refractivity contribution in [2.24, 2.45) is 0 Å². The smallest absolute Gasteiger partial charge is 0.133 e. The van der Waals surface area contributed by atoms with Gasteiger partial charge in [0.2, 0.25) is 0 Å². The van der Waals surface area contributed by atoms with Gasteiger partial charge in [0, 0.05) is 18.5 Å². The lowest BCUT2D eigenvalue weighted by Crippen LogP contribution is -2.10. The standard InChI is InChI=1S/C16H22N4/c1-4-5-15-19-14(17)10-16(20-15)18-12(3)13-8-6-11(2)7-9-13/h6-10,12H,4-5H2,1-3H3,(H3,17,18,19,20). The lowest BCUT2D eigenvalue weighted by molar-refractivity contribution is 0.821. The predicted octanol–water partition coefficient (Wildman–Crippen LogP) is 3.49. The molecule has 0 spiro atoms. The van der Waals surface area contributed by atoms with Crippen molar-refractivity contribution in [2.75, 3.05) is 11.1 Å². The highest BCUT2D eigenvalue weighted by atomic mass is 15.1. The van der Waals surface area contributed by atoms with Crippen LogP contribution in [0.4, 0.5) is 11.6 Å². The molecule has 1 aromatic carbocycles. The van der Waals surface area contributed by atoms with Crippen molar-refractivity contribution >= 4 is 11.6 Å². The second kappa shape index (κ2) is 6.37. The van der Waals surface area contributed by atoms with E-state index in [1.807, 2.05) is 0 Å². The highest BCUT2D eigenvalue weighted by molar-refractivity contribution is 5.46. The third kappa shape index (κ3) is 3.70. The molecule has 0 bridgehead atoms. The first-order chi connectivity index (χ1) is 9.58. The molecule has 0 saturated heterocycles. The molecule has 0 aliphatic heterocycles. The minimum absolute atomic E-state index is 0.180. The number of nitrogen functional groups attached to an aromatic ring is 1. The van der Waals surface area contributed by atoms with Crippen LogP contribution in [0.15, 0.2) is 30.3 Å². The predicted molar refractivity (Wildman–Crippen MR) is 83.7 cm³/mol. The second-order valence-electron chi connectivity index (χ2n) is 5.12. The van der Waals surface area contributed by atoms with Gasteiger partial charge in [-0.05, 0) is 25.8 Å². The number of nitrogens with one attached hydrogen (secondary N) is 1. The van der Waals surface area contributed by atoms with Crippen LogP contribution in [0.3, 0.4) is 0 Å². The first kappa shape index (κ1) is 14.3. The topological polar surface area (TPSA) is 63.8 Å². The van der Waals surface area contributed by atoms with E-state index in [1.165, 1.54) is 11.1 Å². The molecule has 1 atom stereocenters. The Morgan fingerprint density at radius 1 is 1.20 bits per heavy atom. The van der Waals surface area contributed by atoms with Gasteiger partial charge in [0.25, 0.3) is 0 Å². The number of aromatic nitrogens is 2. The van der Waals surface area contributed by atoms with Crippen molar-refractivity contribution in [1.29, 1.82) is 0 Å². The van der Waals surface area contributed by atoms with E-state index in [0.29, 0.717) is 5.82 Å². The number of benzene rings is 1. The van der Waals surface area contributed by atoms with Crippen molar-refractivity contribution in [3.63, 3.8) is 0 Å². The molecule has 0 aliphatic rings. The maximum Gasteiger partial charge on any atom is 0.133 e. The Hall–Kier alpha value is -2.10. The molecular formula is C16H22N4. The molecule has 2 aromatic rings. The van der Waals surface area contributed by atoms with E-state index < -0.39 is 0 Å². The Kier molecular flexibility index (Phi) is 4.56. The highest BCUT2D eigenvalue weighted by Crippen LogP contribution is 2.19. The number of anilines is 2. The molecule has 0 radical (unpaired) electrons. The van der Waals surface area contributed by atoms with E-state index in [9.17, 15) is 0 Å². The fraction of sp³-hybridized carbons (Fsp3) is 0.375. The van der Waals surface area contributed by atoms with Crippen LogP contribution in [0, 0.1) is 6.92 Å². The number of nitrogens with two attached hydrogens (primary N) is 1. The van der Waals surface area contributed by atoms with Gasteiger partial charge in [0.05, 0.1) is 0 Å². The minimum Gasteiger partial charge on any atom is -0.384 e. The number of hydrogen-bond acceptors (Lipinski definition) is 4. The monoisotopic (exact) mass is 270 g/mol. The van der Waals surface area contributed by atoms with Crippen LogP contribution >= 0.6 is 0 Å². The normalized spacial score (nSPS) is 12.2. The molecule has 0 fully saturated rings. The van der Waals surface area contributed by atoms with Crippen molar-refractivity contribution in [2.45, 2.75) is 39.7 Å². The number of rotatable bonds is 5. The lowest BCUT2D eigenvalue weighted by atomic mass is 10.1. The number of hydrogen-bond donors (Lipinski definition) is 2. The fourth-order valence-electron chi connectivity index (χ4n) is 2.09. The zero-order valence-electron chi connectivity index (χ0n) is 12.4. The van der Waals surface area contributed by atoms with Gasteiger partial charge in [-0.15, -0.1) is 0 Å². The van der Waals surface area contributed by atoms with Gasteiger partial charge in [0.1, 0.15) is 17.5 Å². The van der Waals surface area contributed by atoms with Crippen molar-refractivity contribution in [3.8, 4) is 0 Å². The van der Waals surface area contributed by atoms with Gasteiger partial charge in [-0.2, -0.15) is 0 Å². The summed E-state index contributed by atoms with van der Waals surface area (Å²) in [4.78, 5) is 8.75. The first-order valence-electron chi connectivity index (χ1n) is 7.05. The average Bonchev–Trinajstić information content (AvgIpc) is 2.39. The molecule has 4 heteroatoms. The van der Waals surface area contributed by atoms with Gasteiger partial charge in [0.15, 0.2) is 0 Å². The summed E-state index contributed by atoms with van der Waals surface area (Å²) in [6, 6.07) is 10.5. The van der Waals surface area contributed by atoms with Crippen LogP contribution in [0.5, 0.6) is 0 Å². The molecule has 0 aliphatic carbocycles. The van der Waals surface area contributed by atoms with Crippen LogP contribution in [0.25, 0.3) is 0 Å². The largest absolute Gasteiger partial charge is 0.384 e. The van der Waals surface area contributed by atoms with Crippen molar-refractivity contribution < 1.29 is 0 Å². The van der Waals surface area contributed by atoms with Gasteiger partial charge in [-0.25, -0.2) is 9.97 Å². The van der Waals surface area contributed by atoms with E-state index in [1.54, 1.807) is 6.07 Å². The van der Waals surface area contributed by atoms with Gasteiger partial charge in [-0.3, -0.25) is 0 Å². The Balaban J connectivity index is 2.14. The van der Waals surface area contributed by atoms with Crippen LogP contribution < -0.4 is 11.1 Å². The van der Waals surface area contributed by atoms with E-state index >= 15 is 0 Å². The summed E-state index contributed by atoms with van der Waals surface area (Å²) in [5, 5.41) is 3.39. The maximum atomic E-state index is 5.83. The van der Waals surface area contributed by atoms with Crippen LogP contribution in [0.1, 0.15) is 43.3 Å². The molecule has 0 amide bonds. The summed E-state index contributed by atoms with van der Waals surface area (Å²) in [6.45, 7) is 6.31. The number of nitrogens with zero attached hydrogens (tertiary/aromatic N) is 2. The average molecular weight is 270 g/mol. The van der Waals surface area contributed by atoms with Crippen LogP contribution in [-0.4, -0.2) is 9.97 Å². The van der Waals surface area contributed by atoms with Crippen LogP contribution in [-0.2, 0) is 6.42 Å². The van der Waals surface area contributed by atoms with Gasteiger partial charge >= 0.3 is 0 Å². The Bertz CT molecular complexity index is 563. The summed E-state index contributed by atoms with van der Waals surface area (Å²) >= 11 is 0. The first-order valence-corrected chi connectivity index (χ1v) is 7.05.